The summed E-state index contributed by atoms with van der Waals surface area (Å²) in [6.45, 7) is -1.07. The van der Waals surface area contributed by atoms with Gasteiger partial charge in [-0.15, -0.1) is 0 Å². The Hall–Kier alpha value is -4.59. The van der Waals surface area contributed by atoms with Crippen LogP contribution in [0.15, 0.2) is 48.7 Å². The van der Waals surface area contributed by atoms with E-state index in [9.17, 15) is 31.9 Å². The Bertz CT molecular complexity index is 1700. The number of fused-ring (bicyclic) bond motifs is 2. The summed E-state index contributed by atoms with van der Waals surface area (Å²) in [5.74, 6) is -1.43. The zero-order valence-corrected chi connectivity index (χ0v) is 23.1. The van der Waals surface area contributed by atoms with Gasteiger partial charge in [-0.2, -0.15) is 18.2 Å². The van der Waals surface area contributed by atoms with Crippen LogP contribution in [0.4, 0.5) is 22.0 Å². The standard InChI is InChI=1S/C29H25F5N4O5/c1-27(12-30)14-43-24-19(27)10-21(37-23(24)15-4-6-18(31)7-5-15)28(40,29(32,33)34)13-36-25(39)16-8-17-11-35-26(42-3)38-22(17)20(9-16)41-2/h4-11,40H,12-14H2,1-3H3,(H,36,39)/t27?,28-/m0/s1. The number of carbonyl (C=O) groups is 1. The third-order valence-corrected chi connectivity index (χ3v) is 7.26. The van der Waals surface area contributed by atoms with E-state index in [2.05, 4.69) is 20.3 Å². The molecule has 0 saturated heterocycles. The zero-order valence-electron chi connectivity index (χ0n) is 23.1. The van der Waals surface area contributed by atoms with Gasteiger partial charge in [0, 0.05) is 28.3 Å². The van der Waals surface area contributed by atoms with E-state index in [1.54, 1.807) is 0 Å². The summed E-state index contributed by atoms with van der Waals surface area (Å²) in [5, 5.41) is 13.6. The fraction of sp³-hybridized carbons (Fsp3) is 0.310. The van der Waals surface area contributed by atoms with Crippen molar-refractivity contribution in [3.05, 3.63) is 71.3 Å². The van der Waals surface area contributed by atoms with Crippen molar-refractivity contribution in [2.45, 2.75) is 24.1 Å². The van der Waals surface area contributed by atoms with Crippen molar-refractivity contribution in [2.24, 2.45) is 0 Å². The molecule has 2 atom stereocenters. The van der Waals surface area contributed by atoms with Crippen molar-refractivity contribution in [3.8, 4) is 28.8 Å². The van der Waals surface area contributed by atoms with Crippen LogP contribution in [0.2, 0.25) is 0 Å². The summed E-state index contributed by atoms with van der Waals surface area (Å²) in [7, 11) is 2.68. The van der Waals surface area contributed by atoms with Gasteiger partial charge in [0.1, 0.15) is 41.8 Å². The third kappa shape index (κ3) is 5.26. The van der Waals surface area contributed by atoms with Gasteiger partial charge in [-0.1, -0.05) is 0 Å². The number of aromatic nitrogens is 3. The van der Waals surface area contributed by atoms with Crippen LogP contribution in [-0.4, -0.2) is 66.2 Å². The normalized spacial score (nSPS) is 17.6. The first-order chi connectivity index (χ1) is 20.3. The second kappa shape index (κ2) is 10.9. The minimum absolute atomic E-state index is 0.0196. The molecule has 1 aliphatic rings. The SMILES string of the molecule is COc1ncc2cc(C(=O)NC[C@](O)(c3cc4c(c(-c5ccc(F)cc5)n3)OCC4(C)CF)C(F)(F)F)cc(OC)c2n1. The Morgan fingerprint density at radius 3 is 2.47 bits per heavy atom. The monoisotopic (exact) mass is 604 g/mol. The highest BCUT2D eigenvalue weighted by atomic mass is 19.4. The van der Waals surface area contributed by atoms with Crippen LogP contribution in [-0.2, 0) is 11.0 Å². The van der Waals surface area contributed by atoms with Crippen LogP contribution in [0.5, 0.6) is 17.5 Å². The van der Waals surface area contributed by atoms with Crippen molar-refractivity contribution in [1.29, 1.82) is 0 Å². The molecule has 2 aromatic carbocycles. The molecule has 2 aromatic heterocycles. The Labute approximate surface area is 241 Å². The number of nitrogens with zero attached hydrogens (tertiary/aromatic N) is 3. The molecule has 43 heavy (non-hydrogen) atoms. The second-order valence-corrected chi connectivity index (χ2v) is 10.2. The van der Waals surface area contributed by atoms with Gasteiger partial charge in [0.25, 0.3) is 5.91 Å². The van der Waals surface area contributed by atoms with Gasteiger partial charge in [0.05, 0.1) is 31.9 Å². The molecule has 2 N–H and O–H groups in total. The average molecular weight is 605 g/mol. The van der Waals surface area contributed by atoms with Gasteiger partial charge < -0.3 is 24.6 Å². The lowest BCUT2D eigenvalue weighted by Gasteiger charge is -2.31. The minimum Gasteiger partial charge on any atom is -0.494 e. The number of amides is 1. The van der Waals surface area contributed by atoms with E-state index in [-0.39, 0.29) is 46.5 Å². The van der Waals surface area contributed by atoms with Crippen LogP contribution < -0.4 is 19.5 Å². The topological polar surface area (TPSA) is 116 Å². The Balaban J connectivity index is 1.55. The van der Waals surface area contributed by atoms with Crippen molar-refractivity contribution in [3.63, 3.8) is 0 Å². The van der Waals surface area contributed by atoms with Crippen molar-refractivity contribution in [1.82, 2.24) is 20.3 Å². The molecule has 226 valence electrons. The van der Waals surface area contributed by atoms with E-state index >= 15 is 0 Å². The van der Waals surface area contributed by atoms with Crippen molar-refractivity contribution < 1.29 is 46.1 Å². The summed E-state index contributed by atoms with van der Waals surface area (Å²) in [6.07, 6.45) is -4.00. The van der Waals surface area contributed by atoms with E-state index in [4.69, 9.17) is 14.2 Å². The highest BCUT2D eigenvalue weighted by Crippen LogP contribution is 2.48. The van der Waals surface area contributed by atoms with Crippen LogP contribution >= 0.6 is 0 Å². The number of methoxy groups -OCH3 is 2. The molecule has 0 spiro atoms. The van der Waals surface area contributed by atoms with Crippen molar-refractivity contribution in [2.75, 3.05) is 34.0 Å². The molecule has 0 radical (unpaired) electrons. The molecule has 1 aliphatic heterocycles. The molecule has 0 bridgehead atoms. The Morgan fingerprint density at radius 2 is 1.84 bits per heavy atom. The van der Waals surface area contributed by atoms with Crippen LogP contribution in [0.25, 0.3) is 22.2 Å². The molecule has 0 saturated carbocycles. The predicted octanol–water partition coefficient (Wildman–Crippen LogP) is 4.65. The quantitative estimate of drug-likeness (QED) is 0.280. The third-order valence-electron chi connectivity index (χ3n) is 7.26. The number of rotatable bonds is 8. The summed E-state index contributed by atoms with van der Waals surface area (Å²) >= 11 is 0. The minimum atomic E-state index is -5.35. The molecule has 1 unspecified atom stereocenters. The van der Waals surface area contributed by atoms with Gasteiger partial charge >= 0.3 is 12.2 Å². The highest BCUT2D eigenvalue weighted by Gasteiger charge is 2.57. The molecular formula is C29H25F5N4O5. The van der Waals surface area contributed by atoms with E-state index in [0.29, 0.717) is 10.9 Å². The number of nitrogens with one attached hydrogen (secondary N) is 1. The molecule has 3 heterocycles. The number of carbonyl (C=O) groups excluding carboxylic acids is 1. The van der Waals surface area contributed by atoms with E-state index < -0.39 is 47.8 Å². The van der Waals surface area contributed by atoms with Crippen LogP contribution in [0.3, 0.4) is 0 Å². The first kappa shape index (κ1) is 29.9. The Kier molecular flexibility index (Phi) is 7.59. The fourth-order valence-electron chi connectivity index (χ4n) is 4.69. The molecule has 14 heteroatoms. The van der Waals surface area contributed by atoms with Crippen LogP contribution in [0.1, 0.15) is 28.5 Å². The first-order valence-electron chi connectivity index (χ1n) is 12.8. The number of hydrogen-bond donors (Lipinski definition) is 2. The van der Waals surface area contributed by atoms with E-state index in [0.717, 1.165) is 18.2 Å². The van der Waals surface area contributed by atoms with Gasteiger partial charge in [0.2, 0.25) is 5.60 Å². The number of ether oxygens (including phenoxy) is 3. The smallest absolute Gasteiger partial charge is 0.424 e. The van der Waals surface area contributed by atoms with Crippen molar-refractivity contribution >= 4 is 16.8 Å². The van der Waals surface area contributed by atoms with Gasteiger partial charge in [-0.3, -0.25) is 4.79 Å². The maximum absolute atomic E-state index is 14.6. The molecule has 4 aromatic rings. The summed E-state index contributed by atoms with van der Waals surface area (Å²) < 4.78 is 87.5. The predicted molar refractivity (Wildman–Crippen MR) is 143 cm³/mol. The summed E-state index contributed by atoms with van der Waals surface area (Å²) in [5.41, 5.74) is -5.69. The number of hydrogen-bond acceptors (Lipinski definition) is 8. The number of alkyl halides is 4. The lowest BCUT2D eigenvalue weighted by molar-refractivity contribution is -0.265. The average Bonchev–Trinajstić information content (AvgIpc) is 3.34. The van der Waals surface area contributed by atoms with Gasteiger partial charge in [-0.05, 0) is 49.4 Å². The number of pyridine rings is 1. The number of benzene rings is 2. The molecule has 9 nitrogen and oxygen atoms in total. The molecule has 0 aliphatic carbocycles. The lowest BCUT2D eigenvalue weighted by atomic mass is 9.83. The number of aliphatic hydroxyl groups is 1. The Morgan fingerprint density at radius 1 is 1.12 bits per heavy atom. The maximum Gasteiger partial charge on any atom is 0.424 e. The molecule has 1 amide bonds. The van der Waals surface area contributed by atoms with Crippen LogP contribution in [0, 0.1) is 5.82 Å². The largest absolute Gasteiger partial charge is 0.494 e. The number of halogens is 5. The highest BCUT2D eigenvalue weighted by molar-refractivity contribution is 5.99. The second-order valence-electron chi connectivity index (χ2n) is 10.2. The summed E-state index contributed by atoms with van der Waals surface area (Å²) in [4.78, 5) is 25.3. The fourth-order valence-corrected chi connectivity index (χ4v) is 4.69. The molecule has 5 rings (SSSR count). The van der Waals surface area contributed by atoms with E-state index in [1.807, 2.05) is 0 Å². The maximum atomic E-state index is 14.6. The summed E-state index contributed by atoms with van der Waals surface area (Å²) in [6, 6.07) is 8.27. The molecular weight excluding hydrogens is 579 g/mol. The zero-order chi connectivity index (χ0) is 31.2. The van der Waals surface area contributed by atoms with E-state index in [1.165, 1.54) is 51.6 Å². The van der Waals surface area contributed by atoms with Gasteiger partial charge in [-0.25, -0.2) is 18.7 Å². The first-order valence-corrected chi connectivity index (χ1v) is 12.8. The lowest BCUT2D eigenvalue weighted by Crippen LogP contribution is -2.51. The molecule has 0 fully saturated rings. The van der Waals surface area contributed by atoms with Gasteiger partial charge in [0.15, 0.2) is 0 Å².